The molecule has 1 N–H and O–H groups in total. The quantitative estimate of drug-likeness (QED) is 0.827. The van der Waals surface area contributed by atoms with Crippen LogP contribution < -0.4 is 15.6 Å². The van der Waals surface area contributed by atoms with Crippen LogP contribution >= 0.6 is 0 Å². The molecule has 0 saturated heterocycles. The zero-order valence-electron chi connectivity index (χ0n) is 14.3. The second kappa shape index (κ2) is 8.15. The van der Waals surface area contributed by atoms with Crippen LogP contribution in [0.3, 0.4) is 0 Å². The topological polar surface area (TPSA) is 43.3 Å². The van der Waals surface area contributed by atoms with Crippen molar-refractivity contribution in [1.82, 2.24) is 9.88 Å². The lowest BCUT2D eigenvalue weighted by Crippen LogP contribution is -2.23. The zero-order valence-corrected chi connectivity index (χ0v) is 14.3. The summed E-state index contributed by atoms with van der Waals surface area (Å²) in [5.41, 5.74) is 2.59. The molecule has 1 atom stereocenters. The van der Waals surface area contributed by atoms with Gasteiger partial charge in [-0.15, -0.1) is 0 Å². The molecule has 0 unspecified atom stereocenters. The Morgan fingerprint density at radius 2 is 2.17 bits per heavy atom. The van der Waals surface area contributed by atoms with Crippen molar-refractivity contribution in [2.24, 2.45) is 0 Å². The number of rotatable bonds is 6. The lowest BCUT2D eigenvalue weighted by molar-refractivity contribution is 0.315. The molecule has 1 aromatic carbocycles. The highest BCUT2D eigenvalue weighted by molar-refractivity contribution is 5.39. The minimum Gasteiger partial charge on any atom is -0.493 e. The summed E-state index contributed by atoms with van der Waals surface area (Å²) < 4.78 is 7.66. The van der Waals surface area contributed by atoms with Crippen LogP contribution in [0.25, 0.3) is 0 Å². The van der Waals surface area contributed by atoms with E-state index in [0.717, 1.165) is 51.1 Å². The smallest absolute Gasteiger partial charge is 0.250 e. The van der Waals surface area contributed by atoms with Gasteiger partial charge >= 0.3 is 0 Å². The van der Waals surface area contributed by atoms with E-state index < -0.39 is 0 Å². The molecular formula is C20H26N2O2. The van der Waals surface area contributed by atoms with E-state index in [2.05, 4.69) is 30.4 Å². The van der Waals surface area contributed by atoms with Crippen LogP contribution in [-0.4, -0.2) is 17.7 Å². The summed E-state index contributed by atoms with van der Waals surface area (Å²) in [6.45, 7) is 4.64. The molecule has 24 heavy (non-hydrogen) atoms. The van der Waals surface area contributed by atoms with Crippen molar-refractivity contribution in [2.75, 3.05) is 13.2 Å². The van der Waals surface area contributed by atoms with E-state index in [1.807, 2.05) is 12.3 Å². The third-order valence-electron chi connectivity index (χ3n) is 4.55. The van der Waals surface area contributed by atoms with Crippen LogP contribution in [-0.2, 0) is 6.54 Å². The first kappa shape index (κ1) is 16.8. The van der Waals surface area contributed by atoms with E-state index in [9.17, 15) is 4.79 Å². The summed E-state index contributed by atoms with van der Waals surface area (Å²) >= 11 is 0. The lowest BCUT2D eigenvalue weighted by Gasteiger charge is -2.19. The number of aromatic nitrogens is 1. The average Bonchev–Trinajstić information content (AvgIpc) is 2.78. The second-order valence-electron chi connectivity index (χ2n) is 6.48. The van der Waals surface area contributed by atoms with Gasteiger partial charge in [0.15, 0.2) is 0 Å². The number of ether oxygens (including phenoxy) is 1. The minimum absolute atomic E-state index is 0.0793. The van der Waals surface area contributed by atoms with Gasteiger partial charge in [-0.25, -0.2) is 0 Å². The first-order chi connectivity index (χ1) is 11.7. The Kier molecular flexibility index (Phi) is 5.70. The van der Waals surface area contributed by atoms with Crippen molar-refractivity contribution in [2.45, 2.75) is 45.2 Å². The van der Waals surface area contributed by atoms with Gasteiger partial charge in [0.2, 0.25) is 5.56 Å². The van der Waals surface area contributed by atoms with Gasteiger partial charge in [-0.2, -0.15) is 0 Å². The maximum atomic E-state index is 11.7. The molecule has 0 aliphatic carbocycles. The monoisotopic (exact) mass is 326 g/mol. The third-order valence-corrected chi connectivity index (χ3v) is 4.55. The number of fused-ring (bicyclic) bond motifs is 1. The number of nitrogens with one attached hydrogen (secondary N) is 1. The molecule has 0 saturated carbocycles. The Hall–Kier alpha value is -2.07. The van der Waals surface area contributed by atoms with Crippen molar-refractivity contribution >= 4 is 0 Å². The molecule has 1 aliphatic rings. The second-order valence-corrected chi connectivity index (χ2v) is 6.48. The fraction of sp³-hybridized carbons (Fsp3) is 0.450. The predicted octanol–water partition coefficient (Wildman–Crippen LogP) is 3.44. The molecule has 0 radical (unpaired) electrons. The highest BCUT2D eigenvalue weighted by atomic mass is 16.5. The molecule has 4 nitrogen and oxygen atoms in total. The molecule has 0 spiro atoms. The SMILES string of the molecule is Cc1ccc2c(c1)OCCC[C@@H]2NCCCCn1ccccc1=O. The molecule has 1 aliphatic heterocycles. The van der Waals surface area contributed by atoms with E-state index in [0.29, 0.717) is 6.04 Å². The van der Waals surface area contributed by atoms with Crippen LogP contribution in [0.2, 0.25) is 0 Å². The van der Waals surface area contributed by atoms with Crippen LogP contribution in [0.5, 0.6) is 5.75 Å². The zero-order chi connectivity index (χ0) is 16.8. The molecular weight excluding hydrogens is 300 g/mol. The first-order valence-corrected chi connectivity index (χ1v) is 8.86. The summed E-state index contributed by atoms with van der Waals surface area (Å²) in [6, 6.07) is 12.2. The maximum Gasteiger partial charge on any atom is 0.250 e. The van der Waals surface area contributed by atoms with Crippen LogP contribution in [0.15, 0.2) is 47.4 Å². The van der Waals surface area contributed by atoms with Gasteiger partial charge in [0, 0.05) is 30.4 Å². The van der Waals surface area contributed by atoms with Crippen molar-refractivity contribution in [1.29, 1.82) is 0 Å². The Morgan fingerprint density at radius 1 is 1.25 bits per heavy atom. The standard InChI is InChI=1S/C20H26N2O2/c1-16-9-10-17-18(7-6-14-24-19(17)15-16)21-11-3-5-13-22-12-4-2-8-20(22)23/h2,4,8-10,12,15,18,21H,3,5-7,11,13-14H2,1H3/t18-/m0/s1. The number of aryl methyl sites for hydroxylation is 2. The summed E-state index contributed by atoms with van der Waals surface area (Å²) in [5.74, 6) is 1.03. The maximum absolute atomic E-state index is 11.7. The van der Waals surface area contributed by atoms with Gasteiger partial charge in [0.25, 0.3) is 0 Å². The lowest BCUT2D eigenvalue weighted by atomic mass is 10.0. The Bertz CT molecular complexity index is 724. The fourth-order valence-electron chi connectivity index (χ4n) is 3.22. The Labute approximate surface area is 143 Å². The molecule has 2 aromatic rings. The first-order valence-electron chi connectivity index (χ1n) is 8.86. The molecule has 4 heteroatoms. The molecule has 1 aromatic heterocycles. The molecule has 3 rings (SSSR count). The van der Waals surface area contributed by atoms with E-state index in [1.165, 1.54) is 11.1 Å². The van der Waals surface area contributed by atoms with Crippen molar-refractivity contribution < 1.29 is 4.74 Å². The van der Waals surface area contributed by atoms with Gasteiger partial charge in [-0.1, -0.05) is 18.2 Å². The fourth-order valence-corrected chi connectivity index (χ4v) is 3.22. The molecule has 0 bridgehead atoms. The van der Waals surface area contributed by atoms with E-state index in [1.54, 1.807) is 16.7 Å². The summed E-state index contributed by atoms with van der Waals surface area (Å²) in [4.78, 5) is 11.7. The Balaban J connectivity index is 1.50. The summed E-state index contributed by atoms with van der Waals surface area (Å²) in [7, 11) is 0. The van der Waals surface area contributed by atoms with Gasteiger partial charge in [-0.05, 0) is 56.8 Å². The van der Waals surface area contributed by atoms with Crippen LogP contribution in [0.4, 0.5) is 0 Å². The number of benzene rings is 1. The normalized spacial score (nSPS) is 17.0. The van der Waals surface area contributed by atoms with Crippen LogP contribution in [0, 0.1) is 6.92 Å². The third kappa shape index (κ3) is 4.26. The summed E-state index contributed by atoms with van der Waals surface area (Å²) in [6.07, 6.45) is 6.09. The van der Waals surface area contributed by atoms with E-state index in [-0.39, 0.29) is 5.56 Å². The Morgan fingerprint density at radius 3 is 3.04 bits per heavy atom. The molecule has 128 valence electrons. The van der Waals surface area contributed by atoms with Gasteiger partial charge in [-0.3, -0.25) is 4.79 Å². The highest BCUT2D eigenvalue weighted by Gasteiger charge is 2.18. The highest BCUT2D eigenvalue weighted by Crippen LogP contribution is 2.32. The number of hydrogen-bond donors (Lipinski definition) is 1. The van der Waals surface area contributed by atoms with Gasteiger partial charge in [0.05, 0.1) is 6.61 Å². The molecule has 2 heterocycles. The number of hydrogen-bond acceptors (Lipinski definition) is 3. The van der Waals surface area contributed by atoms with E-state index in [4.69, 9.17) is 4.74 Å². The van der Waals surface area contributed by atoms with Crippen LogP contribution in [0.1, 0.15) is 42.9 Å². The largest absolute Gasteiger partial charge is 0.493 e. The average molecular weight is 326 g/mol. The minimum atomic E-state index is 0.0793. The summed E-state index contributed by atoms with van der Waals surface area (Å²) in [5, 5.41) is 3.67. The number of unbranched alkanes of at least 4 members (excludes halogenated alkanes) is 1. The van der Waals surface area contributed by atoms with Gasteiger partial charge in [0.1, 0.15) is 5.75 Å². The number of pyridine rings is 1. The molecule has 0 amide bonds. The number of nitrogens with zero attached hydrogens (tertiary/aromatic N) is 1. The predicted molar refractivity (Wildman–Crippen MR) is 96.6 cm³/mol. The van der Waals surface area contributed by atoms with Gasteiger partial charge < -0.3 is 14.6 Å². The van der Waals surface area contributed by atoms with Crippen molar-refractivity contribution in [3.63, 3.8) is 0 Å². The molecule has 0 fully saturated rings. The van der Waals surface area contributed by atoms with Crippen molar-refractivity contribution in [3.8, 4) is 5.75 Å². The van der Waals surface area contributed by atoms with Crippen molar-refractivity contribution in [3.05, 3.63) is 64.1 Å². The van der Waals surface area contributed by atoms with E-state index >= 15 is 0 Å².